The summed E-state index contributed by atoms with van der Waals surface area (Å²) in [7, 11) is 0. The van der Waals surface area contributed by atoms with Crippen molar-refractivity contribution in [2.24, 2.45) is 5.92 Å². The number of hydrogen-bond donors (Lipinski definition) is 1. The van der Waals surface area contributed by atoms with Crippen LogP contribution >= 0.6 is 0 Å². The maximum atomic E-state index is 11.3. The molecule has 0 amide bonds. The predicted molar refractivity (Wildman–Crippen MR) is 65.1 cm³/mol. The summed E-state index contributed by atoms with van der Waals surface area (Å²) in [6.07, 6.45) is 4.39. The second-order valence-electron chi connectivity index (χ2n) is 5.77. The molecule has 1 aliphatic carbocycles. The predicted octanol–water partition coefficient (Wildman–Crippen LogP) is 1.79. The maximum absolute atomic E-state index is 11.3. The van der Waals surface area contributed by atoms with Crippen molar-refractivity contribution in [3.63, 3.8) is 0 Å². The van der Waals surface area contributed by atoms with Gasteiger partial charge in [-0.25, -0.2) is 9.48 Å². The molecule has 1 aliphatic rings. The zero-order valence-corrected chi connectivity index (χ0v) is 11.1. The number of carbonyl (C=O) groups is 1. The summed E-state index contributed by atoms with van der Waals surface area (Å²) in [5.74, 6) is 0.836. The van der Waals surface area contributed by atoms with Crippen molar-refractivity contribution in [3.05, 3.63) is 5.82 Å². The number of tetrazole rings is 1. The summed E-state index contributed by atoms with van der Waals surface area (Å²) < 4.78 is 1.47. The molecule has 0 radical (unpaired) electrons. The molecule has 1 aromatic heterocycles. The van der Waals surface area contributed by atoms with E-state index in [4.69, 9.17) is 0 Å². The number of aromatic nitrogens is 4. The molecule has 0 spiro atoms. The van der Waals surface area contributed by atoms with Gasteiger partial charge in [0, 0.05) is 5.92 Å². The standard InChI is InChI=1S/C12H20N4O2/c1-8-4-6-9(7-5-8)10-13-14-15-16(10)12(2,3)11(17)18/h8-9H,4-7H2,1-3H3,(H,17,18). The van der Waals surface area contributed by atoms with Gasteiger partial charge in [0.05, 0.1) is 0 Å². The highest BCUT2D eigenvalue weighted by atomic mass is 16.4. The van der Waals surface area contributed by atoms with Crippen LogP contribution in [-0.4, -0.2) is 31.3 Å². The van der Waals surface area contributed by atoms with Crippen LogP contribution in [0.4, 0.5) is 0 Å². The van der Waals surface area contributed by atoms with Crippen molar-refractivity contribution in [1.82, 2.24) is 20.2 Å². The van der Waals surface area contributed by atoms with Gasteiger partial charge in [-0.1, -0.05) is 19.8 Å². The van der Waals surface area contributed by atoms with Gasteiger partial charge >= 0.3 is 5.97 Å². The molecule has 6 heteroatoms. The van der Waals surface area contributed by atoms with E-state index in [1.165, 1.54) is 4.68 Å². The van der Waals surface area contributed by atoms with Crippen molar-refractivity contribution in [2.75, 3.05) is 0 Å². The normalized spacial score (nSPS) is 25.1. The Morgan fingerprint density at radius 3 is 2.50 bits per heavy atom. The Morgan fingerprint density at radius 1 is 1.33 bits per heavy atom. The molecule has 0 unspecified atom stereocenters. The lowest BCUT2D eigenvalue weighted by molar-refractivity contribution is -0.146. The molecule has 2 rings (SSSR count). The molecule has 6 nitrogen and oxygen atoms in total. The minimum Gasteiger partial charge on any atom is -0.479 e. The van der Waals surface area contributed by atoms with Gasteiger partial charge < -0.3 is 5.11 Å². The monoisotopic (exact) mass is 252 g/mol. The highest BCUT2D eigenvalue weighted by molar-refractivity contribution is 5.75. The minimum atomic E-state index is -1.10. The Bertz CT molecular complexity index is 433. The van der Waals surface area contributed by atoms with E-state index in [0.29, 0.717) is 5.82 Å². The SMILES string of the molecule is CC1CCC(c2nnnn2C(C)(C)C(=O)O)CC1. The summed E-state index contributed by atoms with van der Waals surface area (Å²) in [6.45, 7) is 5.50. The number of carboxylic acid groups (broad SMARTS) is 1. The smallest absolute Gasteiger partial charge is 0.331 e. The topological polar surface area (TPSA) is 80.9 Å². The average Bonchev–Trinajstić information content (AvgIpc) is 2.79. The van der Waals surface area contributed by atoms with Crippen LogP contribution in [0.15, 0.2) is 0 Å². The van der Waals surface area contributed by atoms with Crippen LogP contribution in [0.1, 0.15) is 58.2 Å². The molecular formula is C12H20N4O2. The fourth-order valence-electron chi connectivity index (χ4n) is 2.46. The molecule has 0 atom stereocenters. The van der Waals surface area contributed by atoms with Crippen LogP contribution in [0.3, 0.4) is 0 Å². The van der Waals surface area contributed by atoms with Crippen molar-refractivity contribution in [2.45, 2.75) is 57.9 Å². The van der Waals surface area contributed by atoms with Gasteiger partial charge in [-0.15, -0.1) is 5.10 Å². The number of nitrogens with zero attached hydrogens (tertiary/aromatic N) is 4. The fourth-order valence-corrected chi connectivity index (χ4v) is 2.46. The third kappa shape index (κ3) is 2.23. The Hall–Kier alpha value is -1.46. The lowest BCUT2D eigenvalue weighted by Gasteiger charge is -2.28. The first-order chi connectivity index (χ1) is 8.43. The maximum Gasteiger partial charge on any atom is 0.331 e. The van der Waals surface area contributed by atoms with E-state index in [2.05, 4.69) is 22.4 Å². The van der Waals surface area contributed by atoms with Gasteiger partial charge in [0.1, 0.15) is 0 Å². The molecule has 0 aromatic carbocycles. The first kappa shape index (κ1) is 13.0. The molecule has 0 aliphatic heterocycles. The van der Waals surface area contributed by atoms with Crippen LogP contribution in [0.25, 0.3) is 0 Å². The van der Waals surface area contributed by atoms with E-state index >= 15 is 0 Å². The Kier molecular flexibility index (Phi) is 3.36. The van der Waals surface area contributed by atoms with Gasteiger partial charge in [0.15, 0.2) is 11.4 Å². The van der Waals surface area contributed by atoms with E-state index in [9.17, 15) is 9.90 Å². The first-order valence-corrected chi connectivity index (χ1v) is 6.45. The van der Waals surface area contributed by atoms with Crippen LogP contribution in [-0.2, 0) is 10.3 Å². The fraction of sp³-hybridized carbons (Fsp3) is 0.833. The first-order valence-electron chi connectivity index (χ1n) is 6.45. The van der Waals surface area contributed by atoms with E-state index in [1.807, 2.05) is 0 Å². The highest BCUT2D eigenvalue weighted by Crippen LogP contribution is 2.35. The van der Waals surface area contributed by atoms with Crippen molar-refractivity contribution in [1.29, 1.82) is 0 Å². The zero-order valence-electron chi connectivity index (χ0n) is 11.1. The lowest BCUT2D eigenvalue weighted by Crippen LogP contribution is -2.38. The third-order valence-electron chi connectivity index (χ3n) is 3.93. The van der Waals surface area contributed by atoms with E-state index in [-0.39, 0.29) is 5.92 Å². The molecule has 1 saturated carbocycles. The number of aliphatic carboxylic acids is 1. The third-order valence-corrected chi connectivity index (χ3v) is 3.93. The summed E-state index contributed by atoms with van der Waals surface area (Å²) in [5, 5.41) is 20.9. The summed E-state index contributed by atoms with van der Waals surface area (Å²) in [5.41, 5.74) is -1.10. The van der Waals surface area contributed by atoms with Gasteiger partial charge in [-0.3, -0.25) is 0 Å². The summed E-state index contributed by atoms with van der Waals surface area (Å²) in [4.78, 5) is 11.3. The molecule has 0 bridgehead atoms. The quantitative estimate of drug-likeness (QED) is 0.886. The van der Waals surface area contributed by atoms with Gasteiger partial charge in [-0.05, 0) is 43.0 Å². The zero-order chi connectivity index (χ0) is 13.3. The molecular weight excluding hydrogens is 232 g/mol. The van der Waals surface area contributed by atoms with Gasteiger partial charge in [0.2, 0.25) is 0 Å². The largest absolute Gasteiger partial charge is 0.479 e. The molecule has 1 aromatic rings. The Morgan fingerprint density at radius 2 is 1.94 bits per heavy atom. The second kappa shape index (κ2) is 4.66. The van der Waals surface area contributed by atoms with Crippen LogP contribution in [0, 0.1) is 5.92 Å². The minimum absolute atomic E-state index is 0.287. The average molecular weight is 252 g/mol. The van der Waals surface area contributed by atoms with E-state index < -0.39 is 11.5 Å². The van der Waals surface area contributed by atoms with Crippen LogP contribution in [0.2, 0.25) is 0 Å². The summed E-state index contributed by atoms with van der Waals surface area (Å²) in [6, 6.07) is 0. The Balaban J connectivity index is 2.25. The van der Waals surface area contributed by atoms with Crippen LogP contribution in [0.5, 0.6) is 0 Å². The van der Waals surface area contributed by atoms with Gasteiger partial charge in [0.25, 0.3) is 0 Å². The van der Waals surface area contributed by atoms with Crippen LogP contribution < -0.4 is 0 Å². The van der Waals surface area contributed by atoms with Gasteiger partial charge in [-0.2, -0.15) is 0 Å². The lowest BCUT2D eigenvalue weighted by atomic mass is 9.82. The molecule has 1 heterocycles. The number of rotatable bonds is 3. The van der Waals surface area contributed by atoms with E-state index in [0.717, 1.165) is 31.6 Å². The summed E-state index contributed by atoms with van der Waals surface area (Å²) >= 11 is 0. The second-order valence-corrected chi connectivity index (χ2v) is 5.77. The van der Waals surface area contributed by atoms with Crippen molar-refractivity contribution in [3.8, 4) is 0 Å². The molecule has 1 fully saturated rings. The van der Waals surface area contributed by atoms with Crippen molar-refractivity contribution >= 4 is 5.97 Å². The highest BCUT2D eigenvalue weighted by Gasteiger charge is 2.36. The number of carboxylic acids is 1. The molecule has 100 valence electrons. The number of hydrogen-bond acceptors (Lipinski definition) is 4. The molecule has 18 heavy (non-hydrogen) atoms. The van der Waals surface area contributed by atoms with Crippen molar-refractivity contribution < 1.29 is 9.90 Å². The molecule has 1 N–H and O–H groups in total. The molecule has 0 saturated heterocycles. The Labute approximate surface area is 106 Å². The van der Waals surface area contributed by atoms with E-state index in [1.54, 1.807) is 13.8 Å².